The largest absolute Gasteiger partial charge is 0.354 e. The standard InChI is InChI=1S/C36H39Cl2N3O4S/c1-25(2)22-39-36(43)34(21-28-11-7-5-8-12-28)40(23-29-16-18-32(37)33(38)20-29)35(42)24-41(30-17-15-26(3)27(4)19-30)46(44,45)31-13-9-6-10-14-31/h5-20,25,34H,21-24H2,1-4H3,(H,39,43)/t34-/m0/s1. The molecular formula is C36H39Cl2N3O4S. The van der Waals surface area contributed by atoms with Crippen LogP contribution in [0.1, 0.15) is 36.1 Å². The molecule has 0 spiro atoms. The molecule has 0 fully saturated rings. The number of halogens is 2. The molecule has 2 amide bonds. The fourth-order valence-electron chi connectivity index (χ4n) is 4.94. The fraction of sp³-hybridized carbons (Fsp3) is 0.278. The van der Waals surface area contributed by atoms with Crippen molar-refractivity contribution in [3.63, 3.8) is 0 Å². The third-order valence-electron chi connectivity index (χ3n) is 7.68. The zero-order valence-electron chi connectivity index (χ0n) is 26.4. The minimum atomic E-state index is -4.18. The maximum absolute atomic E-state index is 14.6. The maximum Gasteiger partial charge on any atom is 0.264 e. The van der Waals surface area contributed by atoms with Crippen molar-refractivity contribution in [3.8, 4) is 0 Å². The Labute approximate surface area is 282 Å². The van der Waals surface area contributed by atoms with E-state index < -0.39 is 28.5 Å². The predicted molar refractivity (Wildman–Crippen MR) is 186 cm³/mol. The van der Waals surface area contributed by atoms with E-state index in [0.29, 0.717) is 27.8 Å². The Kier molecular flexibility index (Phi) is 11.9. The number of nitrogens with zero attached hydrogens (tertiary/aromatic N) is 2. The van der Waals surface area contributed by atoms with Gasteiger partial charge >= 0.3 is 0 Å². The van der Waals surface area contributed by atoms with Crippen LogP contribution in [0.5, 0.6) is 0 Å². The lowest BCUT2D eigenvalue weighted by atomic mass is 10.0. The Balaban J connectivity index is 1.82. The first-order valence-corrected chi connectivity index (χ1v) is 17.3. The molecule has 4 rings (SSSR count). The van der Waals surface area contributed by atoms with Crippen LogP contribution < -0.4 is 9.62 Å². The predicted octanol–water partition coefficient (Wildman–Crippen LogP) is 7.22. The molecule has 0 radical (unpaired) electrons. The second-order valence-corrected chi connectivity index (χ2v) is 14.4. The molecule has 0 saturated heterocycles. The number of anilines is 1. The molecule has 0 bridgehead atoms. The van der Waals surface area contributed by atoms with Crippen molar-refractivity contribution >= 4 is 50.7 Å². The molecule has 1 N–H and O–H groups in total. The van der Waals surface area contributed by atoms with E-state index in [2.05, 4.69) is 5.32 Å². The van der Waals surface area contributed by atoms with E-state index in [4.69, 9.17) is 23.2 Å². The van der Waals surface area contributed by atoms with Crippen LogP contribution >= 0.6 is 23.2 Å². The van der Waals surface area contributed by atoms with Crippen LogP contribution in [0.3, 0.4) is 0 Å². The molecule has 0 aliphatic rings. The lowest BCUT2D eigenvalue weighted by molar-refractivity contribution is -0.140. The quantitative estimate of drug-likeness (QED) is 0.162. The summed E-state index contributed by atoms with van der Waals surface area (Å²) >= 11 is 12.5. The summed E-state index contributed by atoms with van der Waals surface area (Å²) in [5.74, 6) is -0.712. The molecule has 7 nitrogen and oxygen atoms in total. The van der Waals surface area contributed by atoms with Crippen LogP contribution in [-0.2, 0) is 32.6 Å². The number of benzene rings is 4. The average Bonchev–Trinajstić information content (AvgIpc) is 3.04. The van der Waals surface area contributed by atoms with Gasteiger partial charge in [-0.1, -0.05) is 97.7 Å². The number of carbonyl (C=O) groups is 2. The number of amides is 2. The maximum atomic E-state index is 14.6. The van der Waals surface area contributed by atoms with E-state index in [1.165, 1.54) is 17.0 Å². The summed E-state index contributed by atoms with van der Waals surface area (Å²) in [6.45, 7) is 7.67. The molecule has 4 aromatic rings. The normalized spacial score (nSPS) is 12.1. The molecule has 0 aromatic heterocycles. The van der Waals surface area contributed by atoms with E-state index >= 15 is 0 Å². The summed E-state index contributed by atoms with van der Waals surface area (Å²) in [6.07, 6.45) is 0.215. The van der Waals surface area contributed by atoms with Gasteiger partial charge in [0.15, 0.2) is 0 Å². The van der Waals surface area contributed by atoms with E-state index in [1.54, 1.807) is 48.5 Å². The molecule has 242 valence electrons. The van der Waals surface area contributed by atoms with Gasteiger partial charge in [-0.05, 0) is 78.4 Å². The summed E-state index contributed by atoms with van der Waals surface area (Å²) in [4.78, 5) is 29.9. The van der Waals surface area contributed by atoms with Gasteiger partial charge in [0.1, 0.15) is 12.6 Å². The van der Waals surface area contributed by atoms with Gasteiger partial charge in [-0.25, -0.2) is 8.42 Å². The highest BCUT2D eigenvalue weighted by molar-refractivity contribution is 7.92. The molecule has 46 heavy (non-hydrogen) atoms. The summed E-state index contributed by atoms with van der Waals surface area (Å²) in [7, 11) is -4.18. The number of aryl methyl sites for hydroxylation is 2. The third-order valence-corrected chi connectivity index (χ3v) is 10.2. The second kappa shape index (κ2) is 15.6. The topological polar surface area (TPSA) is 86.8 Å². The van der Waals surface area contributed by atoms with Gasteiger partial charge in [-0.2, -0.15) is 0 Å². The van der Waals surface area contributed by atoms with Crippen molar-refractivity contribution in [2.75, 3.05) is 17.4 Å². The number of hydrogen-bond donors (Lipinski definition) is 1. The summed E-state index contributed by atoms with van der Waals surface area (Å²) in [5.41, 5.74) is 3.70. The van der Waals surface area contributed by atoms with Gasteiger partial charge in [-0.3, -0.25) is 13.9 Å². The first-order valence-electron chi connectivity index (χ1n) is 15.1. The van der Waals surface area contributed by atoms with Gasteiger partial charge < -0.3 is 10.2 Å². The third kappa shape index (κ3) is 8.90. The van der Waals surface area contributed by atoms with E-state index in [1.807, 2.05) is 64.1 Å². The van der Waals surface area contributed by atoms with Gasteiger partial charge in [-0.15, -0.1) is 0 Å². The lowest BCUT2D eigenvalue weighted by Crippen LogP contribution is -2.53. The highest BCUT2D eigenvalue weighted by Gasteiger charge is 2.34. The van der Waals surface area contributed by atoms with Crippen LogP contribution in [0.2, 0.25) is 10.0 Å². The Bertz CT molecular complexity index is 1770. The van der Waals surface area contributed by atoms with Crippen LogP contribution in [0.15, 0.2) is 102 Å². The minimum Gasteiger partial charge on any atom is -0.354 e. The van der Waals surface area contributed by atoms with Crippen LogP contribution in [0.25, 0.3) is 0 Å². The molecule has 1 atom stereocenters. The fourth-order valence-corrected chi connectivity index (χ4v) is 6.69. The minimum absolute atomic E-state index is 0.00548. The SMILES string of the molecule is Cc1ccc(N(CC(=O)N(Cc2ccc(Cl)c(Cl)c2)[C@@H](Cc2ccccc2)C(=O)NCC(C)C)S(=O)(=O)c2ccccc2)cc1C. The smallest absolute Gasteiger partial charge is 0.264 e. The van der Waals surface area contributed by atoms with Gasteiger partial charge in [0.05, 0.1) is 20.6 Å². The van der Waals surface area contributed by atoms with Crippen molar-refractivity contribution < 1.29 is 18.0 Å². The molecular weight excluding hydrogens is 641 g/mol. The highest BCUT2D eigenvalue weighted by atomic mass is 35.5. The Morgan fingerprint density at radius 2 is 1.43 bits per heavy atom. The number of sulfonamides is 1. The monoisotopic (exact) mass is 679 g/mol. The van der Waals surface area contributed by atoms with Crippen molar-refractivity contribution in [1.82, 2.24) is 10.2 Å². The number of nitrogens with one attached hydrogen (secondary N) is 1. The average molecular weight is 681 g/mol. The van der Waals surface area contributed by atoms with Crippen LogP contribution in [0.4, 0.5) is 5.69 Å². The van der Waals surface area contributed by atoms with Crippen molar-refractivity contribution in [3.05, 3.63) is 129 Å². The molecule has 0 saturated carbocycles. The molecule has 10 heteroatoms. The zero-order chi connectivity index (χ0) is 33.4. The summed E-state index contributed by atoms with van der Waals surface area (Å²) in [5, 5.41) is 3.65. The second-order valence-electron chi connectivity index (χ2n) is 11.7. The zero-order valence-corrected chi connectivity index (χ0v) is 28.7. The number of carbonyl (C=O) groups excluding carboxylic acids is 2. The lowest BCUT2D eigenvalue weighted by Gasteiger charge is -2.34. The molecule has 4 aromatic carbocycles. The van der Waals surface area contributed by atoms with Gasteiger partial charge in [0.25, 0.3) is 10.0 Å². The first kappa shape index (κ1) is 35.0. The first-order chi connectivity index (χ1) is 21.9. The van der Waals surface area contributed by atoms with Gasteiger partial charge in [0.2, 0.25) is 11.8 Å². The Morgan fingerprint density at radius 1 is 0.783 bits per heavy atom. The van der Waals surface area contributed by atoms with E-state index in [-0.39, 0.29) is 29.7 Å². The molecule has 0 unspecified atom stereocenters. The van der Waals surface area contributed by atoms with E-state index in [0.717, 1.165) is 21.0 Å². The summed E-state index contributed by atoms with van der Waals surface area (Å²) < 4.78 is 29.4. The molecule has 0 aliphatic heterocycles. The number of rotatable bonds is 13. The van der Waals surface area contributed by atoms with Crippen molar-refractivity contribution in [2.45, 2.75) is 51.6 Å². The number of hydrogen-bond acceptors (Lipinski definition) is 4. The Hall–Kier alpha value is -3.85. The Morgan fingerprint density at radius 3 is 2.04 bits per heavy atom. The molecule has 0 heterocycles. The van der Waals surface area contributed by atoms with Crippen LogP contribution in [-0.4, -0.2) is 44.3 Å². The van der Waals surface area contributed by atoms with E-state index in [9.17, 15) is 18.0 Å². The highest BCUT2D eigenvalue weighted by Crippen LogP contribution is 2.28. The van der Waals surface area contributed by atoms with Crippen LogP contribution in [0, 0.1) is 19.8 Å². The van der Waals surface area contributed by atoms with Crippen molar-refractivity contribution in [1.29, 1.82) is 0 Å². The van der Waals surface area contributed by atoms with Gasteiger partial charge in [0, 0.05) is 19.5 Å². The summed E-state index contributed by atoms with van der Waals surface area (Å²) in [6, 6.07) is 26.8. The van der Waals surface area contributed by atoms with Crippen molar-refractivity contribution in [2.24, 2.45) is 5.92 Å². The molecule has 0 aliphatic carbocycles.